The zero-order valence-electron chi connectivity index (χ0n) is 48.2. The Morgan fingerprint density at radius 2 is 1.77 bits per heavy atom. The number of aromatic amines is 1. The predicted molar refractivity (Wildman–Crippen MR) is 321 cm³/mol. The number of carbonyl (C=O) groups excluding carboxylic acids is 3. The van der Waals surface area contributed by atoms with Crippen LogP contribution in [-0.4, -0.2) is 134 Å². The van der Waals surface area contributed by atoms with E-state index in [1.54, 1.807) is 33.3 Å². The van der Waals surface area contributed by atoms with E-state index in [4.69, 9.17) is 34.4 Å². The summed E-state index contributed by atoms with van der Waals surface area (Å²) in [5.74, 6) is 0.492. The van der Waals surface area contributed by atoms with Gasteiger partial charge in [-0.1, -0.05) is 50.2 Å². The molecule has 4 unspecified atom stereocenters. The number of aromatic nitrogens is 7. The van der Waals surface area contributed by atoms with Crippen LogP contribution in [0.2, 0.25) is 0 Å². The third kappa shape index (κ3) is 10.9. The zero-order chi connectivity index (χ0) is 58.3. The molecule has 5 fully saturated rings. The topological polar surface area (TPSA) is 227 Å². The number of aryl methyl sites for hydroxylation is 1. The summed E-state index contributed by atoms with van der Waals surface area (Å²) in [6, 6.07) is 17.1. The Morgan fingerprint density at radius 1 is 0.976 bits per heavy atom. The van der Waals surface area contributed by atoms with E-state index in [0.29, 0.717) is 109 Å². The number of piperazine rings is 1. The normalized spacial score (nSPS) is 19.0. The van der Waals surface area contributed by atoms with Crippen LogP contribution >= 0.6 is 11.3 Å². The minimum absolute atomic E-state index is 0.0930. The van der Waals surface area contributed by atoms with Crippen LogP contribution in [0.25, 0.3) is 54.5 Å². The third-order valence-electron chi connectivity index (χ3n) is 17.2. The molecule has 2 amide bonds. The molecule has 5 N–H and O–H groups in total. The van der Waals surface area contributed by atoms with Crippen LogP contribution in [0.5, 0.6) is 11.8 Å². The van der Waals surface area contributed by atoms with Gasteiger partial charge in [0.1, 0.15) is 47.6 Å². The largest absolute Gasteiger partial charge is 0.486 e. The SMILES string of the molecule is CNc1cc(COc2c(-c3c(C)c(F)cc4[nH]ncc34)c(C3CC3)cc3c(N4CC5CC4CN5)nc(OC4CCOCC4)nc23)ccc1-c1cn(C(C(=O)N2CCCC2C(=O)NCc2ccc(-c3scnc3C)cc2)C(C)C)nc1C=O.CO. The van der Waals surface area contributed by atoms with Crippen molar-refractivity contribution >= 4 is 62.7 Å². The van der Waals surface area contributed by atoms with E-state index in [9.17, 15) is 14.4 Å². The van der Waals surface area contributed by atoms with Crippen molar-refractivity contribution in [2.75, 3.05) is 57.2 Å². The fourth-order valence-electron chi connectivity index (χ4n) is 12.8. The minimum atomic E-state index is -0.793. The lowest BCUT2D eigenvalue weighted by Crippen LogP contribution is -2.48. The highest BCUT2D eigenvalue weighted by Gasteiger charge is 2.42. The summed E-state index contributed by atoms with van der Waals surface area (Å²) in [6.07, 6.45) is 9.72. The summed E-state index contributed by atoms with van der Waals surface area (Å²) in [4.78, 5) is 61.6. The van der Waals surface area contributed by atoms with Gasteiger partial charge in [0.15, 0.2) is 12.0 Å². The van der Waals surface area contributed by atoms with Gasteiger partial charge in [-0.25, -0.2) is 9.37 Å². The molecule has 21 heteroatoms. The molecule has 8 heterocycles. The van der Waals surface area contributed by atoms with Gasteiger partial charge < -0.3 is 45.1 Å². The molecule has 13 rings (SSSR count). The number of halogens is 1. The highest BCUT2D eigenvalue weighted by molar-refractivity contribution is 7.13. The lowest BCUT2D eigenvalue weighted by molar-refractivity contribution is -0.142. The smallest absolute Gasteiger partial charge is 0.319 e. The second kappa shape index (κ2) is 24.0. The predicted octanol–water partition coefficient (Wildman–Crippen LogP) is 9.45. The molecular weight excluding hydrogens is 1090 g/mol. The van der Waals surface area contributed by atoms with Gasteiger partial charge in [-0.2, -0.15) is 20.2 Å². The summed E-state index contributed by atoms with van der Waals surface area (Å²) in [5.41, 5.74) is 11.9. The van der Waals surface area contributed by atoms with Gasteiger partial charge in [0.05, 0.1) is 41.0 Å². The first-order valence-corrected chi connectivity index (χ1v) is 30.1. The number of H-pyrrole nitrogens is 1. The highest BCUT2D eigenvalue weighted by Crippen LogP contribution is 2.54. The summed E-state index contributed by atoms with van der Waals surface area (Å²) in [5, 5.41) is 30.9. The van der Waals surface area contributed by atoms with E-state index in [2.05, 4.69) is 42.1 Å². The molecule has 0 spiro atoms. The fraction of sp³-hybridized carbons (Fsp3) is 0.429. The number of anilines is 2. The Kier molecular flexibility index (Phi) is 16.2. The molecule has 4 atom stereocenters. The van der Waals surface area contributed by atoms with Gasteiger partial charge in [-0.15, -0.1) is 11.3 Å². The number of carbonyl (C=O) groups is 3. The van der Waals surface area contributed by atoms with Crippen molar-refractivity contribution < 1.29 is 38.1 Å². The minimum Gasteiger partial charge on any atom is -0.486 e. The van der Waals surface area contributed by atoms with Crippen molar-refractivity contribution in [2.24, 2.45) is 5.92 Å². The van der Waals surface area contributed by atoms with Crippen molar-refractivity contribution in [2.45, 2.75) is 122 Å². The van der Waals surface area contributed by atoms with Gasteiger partial charge in [0.25, 0.3) is 0 Å². The van der Waals surface area contributed by atoms with Crippen LogP contribution in [-0.2, 0) is 27.5 Å². The Bertz CT molecular complexity index is 3760. The fourth-order valence-corrected chi connectivity index (χ4v) is 13.6. The molecule has 1 saturated carbocycles. The Balaban J connectivity index is 0.00000344. The van der Waals surface area contributed by atoms with E-state index in [1.807, 2.05) is 82.7 Å². The summed E-state index contributed by atoms with van der Waals surface area (Å²) in [7, 11) is 2.82. The van der Waals surface area contributed by atoms with Crippen LogP contribution in [0, 0.1) is 25.6 Å². The monoisotopic (exact) mass is 1160 g/mol. The molecule has 4 aromatic heterocycles. The molecule has 1 aliphatic carbocycles. The Morgan fingerprint density at radius 3 is 2.48 bits per heavy atom. The molecule has 5 aliphatic rings. The summed E-state index contributed by atoms with van der Waals surface area (Å²) < 4.78 is 37.4. The number of hydrogen-bond donors (Lipinski definition) is 5. The van der Waals surface area contributed by atoms with E-state index in [-0.39, 0.29) is 59.9 Å². The number of benzene rings is 4. The number of amides is 2. The van der Waals surface area contributed by atoms with Gasteiger partial charge in [-0.05, 0) is 104 Å². The maximum absolute atomic E-state index is 16.2. The van der Waals surface area contributed by atoms with Crippen LogP contribution < -0.4 is 30.3 Å². The number of aliphatic hydroxyl groups excluding tert-OH is 1. The number of rotatable bonds is 18. The van der Waals surface area contributed by atoms with Gasteiger partial charge in [0, 0.05) is 110 Å². The standard InChI is InChI=1S/C62H67FN12O6S.CH4O/c1-33(2)56(61(78)73-18-6-7-52(73)60(77)66-25-36-8-11-39(12-9-36)58-35(4)67-32-82-58)75-29-47(51(30-76)72-75)43-15-10-37(21-49(43)64-5)31-80-57-54(53-34(3)48(63)24-50-46(53)27-68-71-50)44(38-13-14-38)23-45-55(57)69-62(81-42-16-19-79-20-17-42)70-59(45)74-28-40-22-41(74)26-65-40;1-2/h8-12,15,21,23-24,27,29-30,32-33,38,40-42,52,56,64-65H,6-7,13-14,16-20,22,25-26,28,31H2,1-5H3,(H,66,77)(H,68,71);2H,1H3. The van der Waals surface area contributed by atoms with E-state index in [1.165, 1.54) is 6.07 Å². The second-order valence-electron chi connectivity index (χ2n) is 22.9. The van der Waals surface area contributed by atoms with Crippen molar-refractivity contribution in [1.29, 1.82) is 0 Å². The maximum Gasteiger partial charge on any atom is 0.319 e. The average molecular weight is 1160 g/mol. The maximum atomic E-state index is 16.2. The molecule has 2 bridgehead atoms. The van der Waals surface area contributed by atoms with Gasteiger partial charge in [0.2, 0.25) is 11.8 Å². The summed E-state index contributed by atoms with van der Waals surface area (Å²) >= 11 is 1.60. The number of aliphatic hydroxyl groups is 1. The van der Waals surface area contributed by atoms with E-state index in [0.717, 1.165) is 94.4 Å². The van der Waals surface area contributed by atoms with Crippen LogP contribution in [0.4, 0.5) is 15.9 Å². The van der Waals surface area contributed by atoms with Crippen LogP contribution in [0.15, 0.2) is 72.5 Å². The molecule has 19 nitrogen and oxygen atoms in total. The van der Waals surface area contributed by atoms with Crippen molar-refractivity contribution in [3.8, 4) is 44.5 Å². The molecule has 4 saturated heterocycles. The van der Waals surface area contributed by atoms with E-state index >= 15 is 4.39 Å². The molecule has 438 valence electrons. The molecule has 4 aliphatic heterocycles. The van der Waals surface area contributed by atoms with E-state index < -0.39 is 12.1 Å². The first kappa shape index (κ1) is 56.6. The number of nitrogens with one attached hydrogen (secondary N) is 4. The van der Waals surface area contributed by atoms with Gasteiger partial charge >= 0.3 is 6.01 Å². The number of ether oxygens (including phenoxy) is 3. The van der Waals surface area contributed by atoms with Crippen molar-refractivity contribution in [1.82, 2.24) is 50.5 Å². The van der Waals surface area contributed by atoms with Crippen molar-refractivity contribution in [3.05, 3.63) is 112 Å². The number of hydrogen-bond acceptors (Lipinski definition) is 16. The molecule has 84 heavy (non-hydrogen) atoms. The lowest BCUT2D eigenvalue weighted by Gasteiger charge is -2.31. The highest BCUT2D eigenvalue weighted by atomic mass is 32.1. The third-order valence-corrected chi connectivity index (χ3v) is 18.2. The summed E-state index contributed by atoms with van der Waals surface area (Å²) in [6.45, 7) is 11.4. The van der Waals surface area contributed by atoms with Crippen LogP contribution in [0.3, 0.4) is 0 Å². The van der Waals surface area contributed by atoms with Crippen LogP contribution in [0.1, 0.15) is 109 Å². The molecule has 4 aromatic carbocycles. The Labute approximate surface area is 490 Å². The van der Waals surface area contributed by atoms with Crippen molar-refractivity contribution in [3.63, 3.8) is 0 Å². The lowest BCUT2D eigenvalue weighted by atomic mass is 9.88. The first-order valence-electron chi connectivity index (χ1n) is 29.2. The number of likely N-dealkylation sites (tertiary alicyclic amines) is 1. The zero-order valence-corrected chi connectivity index (χ0v) is 49.0. The first-order chi connectivity index (χ1) is 40.9. The van der Waals surface area contributed by atoms with Gasteiger partial charge in [-0.3, -0.25) is 24.2 Å². The Hall–Kier alpha value is -7.85. The molecule has 8 aromatic rings. The number of aldehydes is 1. The quantitative estimate of drug-likeness (QED) is 0.0504. The number of fused-ring (bicyclic) bond motifs is 4. The average Bonchev–Trinajstić information content (AvgIpc) is 1.51. The second-order valence-corrected chi connectivity index (χ2v) is 23.8. The molecule has 0 radical (unpaired) electrons. The number of nitrogens with zero attached hydrogens (tertiary/aromatic N) is 8. The number of thiazole rings is 1. The molecular formula is C63H71FN12O7S.